The van der Waals surface area contributed by atoms with Crippen molar-refractivity contribution in [1.29, 1.82) is 0 Å². The summed E-state index contributed by atoms with van der Waals surface area (Å²) in [5.74, 6) is 0.297. The minimum absolute atomic E-state index is 0.175. The average molecular weight is 325 g/mol. The van der Waals surface area contributed by atoms with Gasteiger partial charge in [-0.25, -0.2) is 0 Å². The molecule has 1 rings (SSSR count). The molecular weight excluding hydrogens is 309 g/mol. The van der Waals surface area contributed by atoms with Gasteiger partial charge in [0.25, 0.3) is 0 Å². The third-order valence-electron chi connectivity index (χ3n) is 2.83. The maximum atomic E-state index is 12.0. The molecule has 0 radical (unpaired) electrons. The van der Waals surface area contributed by atoms with Crippen LogP contribution in [0.5, 0.6) is 5.75 Å². The van der Waals surface area contributed by atoms with Crippen LogP contribution in [-0.2, 0) is 6.42 Å². The van der Waals surface area contributed by atoms with Gasteiger partial charge in [0.1, 0.15) is 5.75 Å². The first-order chi connectivity index (χ1) is 8.31. The molecule has 0 bridgehead atoms. The zero-order valence-electron chi connectivity index (χ0n) is 10.3. The standard InChI is InChI=1S/C13H16BrF3O/c1-3-11(9(2)14)8-10-4-6-12(7-5-10)18-13(15,16)17/h4-7,9,11H,3,8H2,1-2H3. The van der Waals surface area contributed by atoms with E-state index in [1.807, 2.05) is 0 Å². The van der Waals surface area contributed by atoms with E-state index in [0.29, 0.717) is 10.7 Å². The van der Waals surface area contributed by atoms with Gasteiger partial charge in [-0.05, 0) is 30.0 Å². The Balaban J connectivity index is 2.65. The highest BCUT2D eigenvalue weighted by Gasteiger charge is 2.30. The lowest BCUT2D eigenvalue weighted by atomic mass is 9.94. The first-order valence-electron chi connectivity index (χ1n) is 5.80. The first kappa shape index (κ1) is 15.3. The summed E-state index contributed by atoms with van der Waals surface area (Å²) in [4.78, 5) is 0.383. The van der Waals surface area contributed by atoms with Gasteiger partial charge in [0, 0.05) is 4.83 Å². The maximum absolute atomic E-state index is 12.0. The number of halogens is 4. The van der Waals surface area contributed by atoms with Gasteiger partial charge in [0.05, 0.1) is 0 Å². The molecule has 5 heteroatoms. The lowest BCUT2D eigenvalue weighted by molar-refractivity contribution is -0.274. The van der Waals surface area contributed by atoms with Crippen LogP contribution in [0.4, 0.5) is 13.2 Å². The van der Waals surface area contributed by atoms with E-state index in [4.69, 9.17) is 0 Å². The average Bonchev–Trinajstić information content (AvgIpc) is 2.25. The van der Waals surface area contributed by atoms with Crippen LogP contribution in [0.25, 0.3) is 0 Å². The van der Waals surface area contributed by atoms with E-state index in [1.165, 1.54) is 12.1 Å². The molecule has 2 atom stereocenters. The van der Waals surface area contributed by atoms with E-state index < -0.39 is 6.36 Å². The van der Waals surface area contributed by atoms with Crippen LogP contribution < -0.4 is 4.74 Å². The van der Waals surface area contributed by atoms with Gasteiger partial charge in [-0.1, -0.05) is 48.3 Å². The Morgan fingerprint density at radius 2 is 1.78 bits per heavy atom. The smallest absolute Gasteiger partial charge is 0.406 e. The van der Waals surface area contributed by atoms with Crippen molar-refractivity contribution in [2.24, 2.45) is 5.92 Å². The molecule has 0 saturated carbocycles. The highest BCUT2D eigenvalue weighted by atomic mass is 79.9. The van der Waals surface area contributed by atoms with Crippen molar-refractivity contribution in [3.05, 3.63) is 29.8 Å². The number of alkyl halides is 4. The molecule has 0 aliphatic carbocycles. The summed E-state index contributed by atoms with van der Waals surface area (Å²) in [5, 5.41) is 0. The van der Waals surface area contributed by atoms with Gasteiger partial charge < -0.3 is 4.74 Å². The molecule has 1 aromatic carbocycles. The van der Waals surface area contributed by atoms with E-state index in [0.717, 1.165) is 18.4 Å². The second-order valence-electron chi connectivity index (χ2n) is 4.24. The van der Waals surface area contributed by atoms with Crippen molar-refractivity contribution in [2.45, 2.75) is 37.9 Å². The summed E-state index contributed by atoms with van der Waals surface area (Å²) in [5.41, 5.74) is 1.02. The van der Waals surface area contributed by atoms with Crippen molar-refractivity contribution in [1.82, 2.24) is 0 Å². The van der Waals surface area contributed by atoms with Gasteiger partial charge in [0.2, 0.25) is 0 Å². The Bertz CT molecular complexity index is 359. The van der Waals surface area contributed by atoms with Gasteiger partial charge >= 0.3 is 6.36 Å². The summed E-state index contributed by atoms with van der Waals surface area (Å²) in [7, 11) is 0. The van der Waals surface area contributed by atoms with Crippen LogP contribution in [0.3, 0.4) is 0 Å². The highest BCUT2D eigenvalue weighted by molar-refractivity contribution is 9.09. The van der Waals surface area contributed by atoms with E-state index in [2.05, 4.69) is 34.5 Å². The number of hydrogen-bond donors (Lipinski definition) is 0. The minimum atomic E-state index is -4.63. The topological polar surface area (TPSA) is 9.23 Å². The summed E-state index contributed by atoms with van der Waals surface area (Å²) < 4.78 is 39.8. The van der Waals surface area contributed by atoms with Crippen LogP contribution in [0.2, 0.25) is 0 Å². The largest absolute Gasteiger partial charge is 0.573 e. The van der Waals surface area contributed by atoms with Gasteiger partial charge in [-0.2, -0.15) is 0 Å². The van der Waals surface area contributed by atoms with E-state index in [1.54, 1.807) is 12.1 Å². The molecule has 1 nitrogen and oxygen atoms in total. The molecule has 0 aliphatic heterocycles. The van der Waals surface area contributed by atoms with Crippen molar-refractivity contribution < 1.29 is 17.9 Å². The maximum Gasteiger partial charge on any atom is 0.573 e. The fourth-order valence-electron chi connectivity index (χ4n) is 1.76. The van der Waals surface area contributed by atoms with Crippen LogP contribution in [0.1, 0.15) is 25.8 Å². The summed E-state index contributed by atoms with van der Waals surface area (Å²) in [6.45, 7) is 4.18. The molecule has 0 amide bonds. The fraction of sp³-hybridized carbons (Fsp3) is 0.538. The second-order valence-corrected chi connectivity index (χ2v) is 5.69. The Kier molecular flexibility index (Phi) is 5.50. The van der Waals surface area contributed by atoms with Crippen molar-refractivity contribution in [3.63, 3.8) is 0 Å². The predicted octanol–water partition coefficient (Wildman–Crippen LogP) is 4.94. The molecule has 102 valence electrons. The predicted molar refractivity (Wildman–Crippen MR) is 69.0 cm³/mol. The quantitative estimate of drug-likeness (QED) is 0.697. The lowest BCUT2D eigenvalue weighted by Crippen LogP contribution is -2.17. The van der Waals surface area contributed by atoms with E-state index in [9.17, 15) is 13.2 Å². The molecule has 18 heavy (non-hydrogen) atoms. The Labute approximate surface area is 113 Å². The number of benzene rings is 1. The molecule has 0 aliphatic rings. The highest BCUT2D eigenvalue weighted by Crippen LogP contribution is 2.25. The third kappa shape index (κ3) is 5.29. The Morgan fingerprint density at radius 1 is 1.22 bits per heavy atom. The van der Waals surface area contributed by atoms with Crippen molar-refractivity contribution in [3.8, 4) is 5.75 Å². The SMILES string of the molecule is CCC(Cc1ccc(OC(F)(F)F)cc1)C(C)Br. The number of hydrogen-bond acceptors (Lipinski definition) is 1. The molecule has 0 fully saturated rings. The molecule has 0 aromatic heterocycles. The van der Waals surface area contributed by atoms with E-state index in [-0.39, 0.29) is 5.75 Å². The van der Waals surface area contributed by atoms with Gasteiger partial charge in [-0.15, -0.1) is 13.2 Å². The molecule has 0 N–H and O–H groups in total. The summed E-state index contributed by atoms with van der Waals surface area (Å²) in [6, 6.07) is 6.07. The van der Waals surface area contributed by atoms with E-state index >= 15 is 0 Å². The molecule has 0 spiro atoms. The van der Waals surface area contributed by atoms with Gasteiger partial charge in [-0.3, -0.25) is 0 Å². The lowest BCUT2D eigenvalue weighted by Gasteiger charge is -2.17. The zero-order valence-corrected chi connectivity index (χ0v) is 11.9. The van der Waals surface area contributed by atoms with Crippen LogP contribution in [0.15, 0.2) is 24.3 Å². The Morgan fingerprint density at radius 3 is 2.17 bits per heavy atom. The molecule has 1 aromatic rings. The molecule has 2 unspecified atom stereocenters. The van der Waals surface area contributed by atoms with Crippen molar-refractivity contribution in [2.75, 3.05) is 0 Å². The van der Waals surface area contributed by atoms with Crippen LogP contribution in [0, 0.1) is 5.92 Å². The minimum Gasteiger partial charge on any atom is -0.406 e. The Hall–Kier alpha value is -0.710. The monoisotopic (exact) mass is 324 g/mol. The number of ether oxygens (including phenoxy) is 1. The molecule has 0 heterocycles. The number of rotatable bonds is 5. The first-order valence-corrected chi connectivity index (χ1v) is 6.72. The van der Waals surface area contributed by atoms with Crippen LogP contribution >= 0.6 is 15.9 Å². The molecule has 0 saturated heterocycles. The fourth-order valence-corrected chi connectivity index (χ4v) is 2.32. The zero-order chi connectivity index (χ0) is 13.8. The second kappa shape index (κ2) is 6.45. The summed E-state index contributed by atoms with van der Waals surface area (Å²) >= 11 is 3.54. The normalized spacial score (nSPS) is 15.2. The summed E-state index contributed by atoms with van der Waals surface area (Å²) in [6.07, 6.45) is -2.76. The van der Waals surface area contributed by atoms with Crippen molar-refractivity contribution >= 4 is 15.9 Å². The molecular formula is C13H16BrF3O. The van der Waals surface area contributed by atoms with Gasteiger partial charge in [0.15, 0.2) is 0 Å². The third-order valence-corrected chi connectivity index (χ3v) is 3.58. The van der Waals surface area contributed by atoms with Crippen LogP contribution in [-0.4, -0.2) is 11.2 Å².